The van der Waals surface area contributed by atoms with Crippen LogP contribution in [0, 0.1) is 0 Å². The second-order valence-corrected chi connectivity index (χ2v) is 7.96. The number of benzene rings is 1. The number of ether oxygens (including phenoxy) is 2. The van der Waals surface area contributed by atoms with Crippen molar-refractivity contribution in [1.29, 1.82) is 0 Å². The number of fused-ring (bicyclic) bond motifs is 1. The van der Waals surface area contributed by atoms with E-state index in [0.29, 0.717) is 31.0 Å². The van der Waals surface area contributed by atoms with Crippen LogP contribution >= 0.6 is 11.3 Å². The van der Waals surface area contributed by atoms with Gasteiger partial charge in [0.2, 0.25) is 0 Å². The number of hydrogen-bond donors (Lipinski definition) is 1. The standard InChI is InChI=1S/C21H21N3O5S/c1-28-17-8-13-5-6-23(11-14(13)9-18(17)29-2)19(25)16-10-22-21(27)24(20(16)26)12-15-4-3-7-30-15/h3-4,7-10H,5-6,11-12H2,1-2H3,(H,22,27). The van der Waals surface area contributed by atoms with Crippen LogP contribution in [0.1, 0.15) is 26.4 Å². The summed E-state index contributed by atoms with van der Waals surface area (Å²) in [5, 5.41) is 1.87. The Hall–Kier alpha value is -3.33. The number of thiophene rings is 1. The molecule has 1 amide bonds. The predicted octanol–water partition coefficient (Wildman–Crippen LogP) is 1.86. The van der Waals surface area contributed by atoms with Crippen LogP contribution in [0.5, 0.6) is 11.5 Å². The maximum absolute atomic E-state index is 13.1. The van der Waals surface area contributed by atoms with Crippen LogP contribution in [-0.2, 0) is 19.5 Å². The largest absolute Gasteiger partial charge is 0.493 e. The van der Waals surface area contributed by atoms with Crippen molar-refractivity contribution in [2.45, 2.75) is 19.5 Å². The summed E-state index contributed by atoms with van der Waals surface area (Å²) in [6.45, 7) is 0.940. The summed E-state index contributed by atoms with van der Waals surface area (Å²) in [6.07, 6.45) is 1.84. The molecule has 156 valence electrons. The summed E-state index contributed by atoms with van der Waals surface area (Å²) in [5.41, 5.74) is 0.847. The minimum absolute atomic E-state index is 0.0462. The van der Waals surface area contributed by atoms with Gasteiger partial charge in [-0.3, -0.25) is 14.2 Å². The number of hydrogen-bond acceptors (Lipinski definition) is 6. The van der Waals surface area contributed by atoms with Gasteiger partial charge >= 0.3 is 5.69 Å². The van der Waals surface area contributed by atoms with E-state index in [1.165, 1.54) is 17.5 Å². The summed E-state index contributed by atoms with van der Waals surface area (Å²) in [7, 11) is 3.15. The van der Waals surface area contributed by atoms with Crippen molar-refractivity contribution < 1.29 is 14.3 Å². The van der Waals surface area contributed by atoms with E-state index < -0.39 is 17.2 Å². The molecule has 0 unspecified atom stereocenters. The quantitative estimate of drug-likeness (QED) is 0.671. The van der Waals surface area contributed by atoms with Gasteiger partial charge in [-0.15, -0.1) is 11.3 Å². The topological polar surface area (TPSA) is 93.6 Å². The van der Waals surface area contributed by atoms with E-state index in [1.807, 2.05) is 29.6 Å². The van der Waals surface area contributed by atoms with Gasteiger partial charge < -0.3 is 19.4 Å². The first-order valence-corrected chi connectivity index (χ1v) is 10.3. The van der Waals surface area contributed by atoms with Crippen LogP contribution in [0.15, 0.2) is 45.4 Å². The molecule has 3 aromatic rings. The van der Waals surface area contributed by atoms with Crippen molar-refractivity contribution in [3.8, 4) is 11.5 Å². The number of aromatic nitrogens is 2. The minimum atomic E-state index is -0.588. The first kappa shape index (κ1) is 20.0. The lowest BCUT2D eigenvalue weighted by molar-refractivity contribution is 0.0731. The molecule has 0 atom stereocenters. The van der Waals surface area contributed by atoms with Gasteiger partial charge in [-0.2, -0.15) is 0 Å². The molecule has 0 aliphatic carbocycles. The van der Waals surface area contributed by atoms with E-state index in [-0.39, 0.29) is 12.1 Å². The monoisotopic (exact) mass is 427 g/mol. The van der Waals surface area contributed by atoms with Gasteiger partial charge in [-0.25, -0.2) is 4.79 Å². The second kappa shape index (κ2) is 8.19. The van der Waals surface area contributed by atoms with Gasteiger partial charge in [0.25, 0.3) is 11.5 Å². The third-order valence-electron chi connectivity index (χ3n) is 5.19. The highest BCUT2D eigenvalue weighted by Crippen LogP contribution is 2.33. The van der Waals surface area contributed by atoms with E-state index >= 15 is 0 Å². The fourth-order valence-corrected chi connectivity index (χ4v) is 4.29. The Morgan fingerprint density at radius 3 is 2.57 bits per heavy atom. The molecule has 0 bridgehead atoms. The number of amides is 1. The summed E-state index contributed by atoms with van der Waals surface area (Å²) in [5.74, 6) is 0.831. The Morgan fingerprint density at radius 1 is 1.17 bits per heavy atom. The van der Waals surface area contributed by atoms with Crippen LogP contribution in [0.4, 0.5) is 0 Å². The summed E-state index contributed by atoms with van der Waals surface area (Å²) < 4.78 is 11.8. The third-order valence-corrected chi connectivity index (χ3v) is 6.05. The van der Waals surface area contributed by atoms with E-state index in [4.69, 9.17) is 9.47 Å². The first-order chi connectivity index (χ1) is 14.5. The molecule has 1 N–H and O–H groups in total. The van der Waals surface area contributed by atoms with Crippen LogP contribution in [0.2, 0.25) is 0 Å². The van der Waals surface area contributed by atoms with E-state index in [2.05, 4.69) is 4.98 Å². The molecule has 8 nitrogen and oxygen atoms in total. The number of methoxy groups -OCH3 is 2. The van der Waals surface area contributed by atoms with Crippen molar-refractivity contribution in [2.24, 2.45) is 0 Å². The Kier molecular flexibility index (Phi) is 5.45. The normalized spacial score (nSPS) is 13.1. The number of rotatable bonds is 5. The van der Waals surface area contributed by atoms with Gasteiger partial charge in [0, 0.05) is 24.2 Å². The average Bonchev–Trinajstić information content (AvgIpc) is 3.28. The van der Waals surface area contributed by atoms with Crippen LogP contribution in [-0.4, -0.2) is 41.1 Å². The number of H-pyrrole nitrogens is 1. The molecular formula is C21H21N3O5S. The van der Waals surface area contributed by atoms with Gasteiger partial charge in [0.1, 0.15) is 5.56 Å². The molecule has 0 radical (unpaired) electrons. The molecular weight excluding hydrogens is 406 g/mol. The Balaban J connectivity index is 1.63. The van der Waals surface area contributed by atoms with Gasteiger partial charge in [0.05, 0.1) is 20.8 Å². The van der Waals surface area contributed by atoms with E-state index in [1.54, 1.807) is 19.1 Å². The maximum atomic E-state index is 13.1. The van der Waals surface area contributed by atoms with Crippen molar-refractivity contribution in [2.75, 3.05) is 20.8 Å². The average molecular weight is 427 g/mol. The molecule has 9 heteroatoms. The lowest BCUT2D eigenvalue weighted by Gasteiger charge is -2.29. The second-order valence-electron chi connectivity index (χ2n) is 6.93. The molecule has 4 rings (SSSR count). The van der Waals surface area contributed by atoms with E-state index in [9.17, 15) is 14.4 Å². The molecule has 2 aromatic heterocycles. The Labute approximate surface area is 176 Å². The molecule has 1 aliphatic rings. The van der Waals surface area contributed by atoms with Crippen molar-refractivity contribution >= 4 is 17.2 Å². The smallest absolute Gasteiger partial charge is 0.328 e. The number of aromatic amines is 1. The highest BCUT2D eigenvalue weighted by Gasteiger charge is 2.26. The van der Waals surface area contributed by atoms with Crippen molar-refractivity contribution in [1.82, 2.24) is 14.5 Å². The van der Waals surface area contributed by atoms with Gasteiger partial charge in [-0.1, -0.05) is 6.07 Å². The molecule has 3 heterocycles. The summed E-state index contributed by atoms with van der Waals surface area (Å²) in [6, 6.07) is 7.47. The SMILES string of the molecule is COc1cc2c(cc1OC)CN(C(=O)c1c[nH]c(=O)n(Cc3cccs3)c1=O)CC2. The lowest BCUT2D eigenvalue weighted by Crippen LogP contribution is -2.43. The van der Waals surface area contributed by atoms with Crippen molar-refractivity contribution in [3.05, 3.63) is 78.2 Å². The molecule has 0 spiro atoms. The van der Waals surface area contributed by atoms with Gasteiger partial charge in [-0.05, 0) is 41.1 Å². The molecule has 0 fully saturated rings. The summed E-state index contributed by atoms with van der Waals surface area (Å²) >= 11 is 1.45. The highest BCUT2D eigenvalue weighted by atomic mass is 32.1. The summed E-state index contributed by atoms with van der Waals surface area (Å²) in [4.78, 5) is 43.2. The zero-order valence-corrected chi connectivity index (χ0v) is 17.5. The van der Waals surface area contributed by atoms with Crippen LogP contribution < -0.4 is 20.7 Å². The number of nitrogens with zero attached hydrogens (tertiary/aromatic N) is 2. The Bertz CT molecular complexity index is 1200. The maximum Gasteiger partial charge on any atom is 0.328 e. The Morgan fingerprint density at radius 2 is 1.90 bits per heavy atom. The fourth-order valence-electron chi connectivity index (χ4n) is 3.59. The zero-order valence-electron chi connectivity index (χ0n) is 16.6. The zero-order chi connectivity index (χ0) is 21.3. The molecule has 1 aromatic carbocycles. The van der Waals surface area contributed by atoms with Crippen molar-refractivity contribution in [3.63, 3.8) is 0 Å². The molecule has 0 saturated carbocycles. The lowest BCUT2D eigenvalue weighted by atomic mass is 9.98. The predicted molar refractivity (Wildman–Crippen MR) is 113 cm³/mol. The molecule has 1 aliphatic heterocycles. The van der Waals surface area contributed by atoms with Gasteiger partial charge in [0.15, 0.2) is 11.5 Å². The molecule has 0 saturated heterocycles. The third kappa shape index (κ3) is 3.63. The minimum Gasteiger partial charge on any atom is -0.493 e. The van der Waals surface area contributed by atoms with Crippen LogP contribution in [0.3, 0.4) is 0 Å². The van der Waals surface area contributed by atoms with E-state index in [0.717, 1.165) is 20.6 Å². The highest BCUT2D eigenvalue weighted by molar-refractivity contribution is 7.09. The first-order valence-electron chi connectivity index (χ1n) is 9.39. The fraction of sp³-hybridized carbons (Fsp3) is 0.286. The number of carbonyl (C=O) groups excluding carboxylic acids is 1. The van der Waals surface area contributed by atoms with Crippen LogP contribution in [0.25, 0.3) is 0 Å². The number of carbonyl (C=O) groups is 1. The molecule has 30 heavy (non-hydrogen) atoms. The number of nitrogens with one attached hydrogen (secondary N) is 1.